The summed E-state index contributed by atoms with van der Waals surface area (Å²) < 4.78 is 8.05. The van der Waals surface area contributed by atoms with Crippen molar-refractivity contribution in [3.63, 3.8) is 0 Å². The summed E-state index contributed by atoms with van der Waals surface area (Å²) in [5.41, 5.74) is 2.22. The molecule has 26 heavy (non-hydrogen) atoms. The van der Waals surface area contributed by atoms with Gasteiger partial charge in [-0.2, -0.15) is 0 Å². The normalized spacial score (nSPS) is 16.8. The van der Waals surface area contributed by atoms with Gasteiger partial charge in [0.1, 0.15) is 0 Å². The van der Waals surface area contributed by atoms with Crippen molar-refractivity contribution in [3.05, 3.63) is 36.5 Å². The van der Waals surface area contributed by atoms with Gasteiger partial charge in [0.25, 0.3) is 0 Å². The Hall–Kier alpha value is -1.79. The van der Waals surface area contributed by atoms with E-state index in [0.717, 1.165) is 55.5 Å². The van der Waals surface area contributed by atoms with Crippen molar-refractivity contribution in [1.29, 1.82) is 0 Å². The van der Waals surface area contributed by atoms with Crippen LogP contribution in [-0.2, 0) is 16.1 Å². The summed E-state index contributed by atoms with van der Waals surface area (Å²) >= 11 is 1.52. The smallest absolute Gasteiger partial charge is 0.233 e. The topological polar surface area (TPSA) is 47.4 Å². The fourth-order valence-electron chi connectivity index (χ4n) is 3.28. The van der Waals surface area contributed by atoms with Gasteiger partial charge in [0.2, 0.25) is 5.91 Å². The van der Waals surface area contributed by atoms with E-state index in [2.05, 4.69) is 21.7 Å². The molecule has 1 aromatic heterocycles. The third-order valence-electron chi connectivity index (χ3n) is 4.74. The Bertz CT molecular complexity index is 707. The van der Waals surface area contributed by atoms with Crippen molar-refractivity contribution in [1.82, 2.24) is 14.5 Å². The lowest BCUT2D eigenvalue weighted by atomic mass is 10.1. The Balaban J connectivity index is 1.80. The highest BCUT2D eigenvalue weighted by Gasteiger charge is 2.21. The van der Waals surface area contributed by atoms with Crippen molar-refractivity contribution in [3.8, 4) is 11.3 Å². The van der Waals surface area contributed by atoms with Crippen LogP contribution in [-0.4, -0.2) is 51.9 Å². The van der Waals surface area contributed by atoms with Crippen molar-refractivity contribution in [2.75, 3.05) is 25.4 Å². The molecule has 1 atom stereocenters. The summed E-state index contributed by atoms with van der Waals surface area (Å²) in [7, 11) is 0. The zero-order valence-electron chi connectivity index (χ0n) is 15.6. The highest BCUT2D eigenvalue weighted by molar-refractivity contribution is 7.99. The molecule has 0 saturated carbocycles. The number of nitrogens with zero attached hydrogens (tertiary/aromatic N) is 3. The van der Waals surface area contributed by atoms with Crippen LogP contribution in [0.4, 0.5) is 0 Å². The molecule has 0 aliphatic carbocycles. The number of carbonyl (C=O) groups excluding carboxylic acids is 1. The first-order chi connectivity index (χ1) is 12.7. The third kappa shape index (κ3) is 4.48. The van der Waals surface area contributed by atoms with Crippen LogP contribution in [0.25, 0.3) is 11.3 Å². The predicted octanol–water partition coefficient (Wildman–Crippen LogP) is 3.69. The zero-order chi connectivity index (χ0) is 18.4. The van der Waals surface area contributed by atoms with E-state index in [0.29, 0.717) is 5.75 Å². The molecule has 0 bridgehead atoms. The number of aromatic nitrogens is 2. The molecule has 5 nitrogen and oxygen atoms in total. The molecule has 0 N–H and O–H groups in total. The van der Waals surface area contributed by atoms with Gasteiger partial charge in [-0.25, -0.2) is 4.98 Å². The van der Waals surface area contributed by atoms with Gasteiger partial charge in [-0.05, 0) is 32.3 Å². The van der Waals surface area contributed by atoms with Crippen LogP contribution in [0.2, 0.25) is 0 Å². The van der Waals surface area contributed by atoms with Gasteiger partial charge < -0.3 is 14.2 Å². The van der Waals surface area contributed by atoms with E-state index in [-0.39, 0.29) is 12.0 Å². The second-order valence-electron chi connectivity index (χ2n) is 6.39. The first-order valence-electron chi connectivity index (χ1n) is 9.36. The lowest BCUT2D eigenvalue weighted by Crippen LogP contribution is -2.32. The Morgan fingerprint density at radius 3 is 2.73 bits per heavy atom. The third-order valence-corrected chi connectivity index (χ3v) is 5.71. The van der Waals surface area contributed by atoms with E-state index >= 15 is 0 Å². The van der Waals surface area contributed by atoms with E-state index in [4.69, 9.17) is 4.74 Å². The minimum absolute atomic E-state index is 0.160. The number of rotatable bonds is 8. The average molecular weight is 374 g/mol. The maximum atomic E-state index is 12.4. The van der Waals surface area contributed by atoms with Crippen molar-refractivity contribution >= 4 is 17.7 Å². The molecule has 1 unspecified atom stereocenters. The molecule has 1 fully saturated rings. The number of carbonyl (C=O) groups is 1. The Kier molecular flexibility index (Phi) is 6.74. The minimum atomic E-state index is 0.160. The molecule has 140 valence electrons. The number of imidazole rings is 1. The molecule has 1 aliphatic heterocycles. The quantitative estimate of drug-likeness (QED) is 0.662. The predicted molar refractivity (Wildman–Crippen MR) is 105 cm³/mol. The van der Waals surface area contributed by atoms with E-state index in [1.807, 2.05) is 43.1 Å². The summed E-state index contributed by atoms with van der Waals surface area (Å²) in [5, 5.41) is 0.889. The number of amides is 1. The van der Waals surface area contributed by atoms with E-state index < -0.39 is 0 Å². The Morgan fingerprint density at radius 1 is 1.31 bits per heavy atom. The highest BCUT2D eigenvalue weighted by Crippen LogP contribution is 2.28. The summed E-state index contributed by atoms with van der Waals surface area (Å²) in [6, 6.07) is 10.3. The number of thioether (sulfide) groups is 1. The molecule has 1 aliphatic rings. The number of ether oxygens (including phenoxy) is 1. The lowest BCUT2D eigenvalue weighted by Gasteiger charge is -2.19. The molecule has 2 aromatic rings. The van der Waals surface area contributed by atoms with Crippen molar-refractivity contribution < 1.29 is 9.53 Å². The molecule has 1 saturated heterocycles. The fraction of sp³-hybridized carbons (Fsp3) is 0.500. The fourth-order valence-corrected chi connectivity index (χ4v) is 4.17. The number of hydrogen-bond donors (Lipinski definition) is 0. The Labute approximate surface area is 159 Å². The van der Waals surface area contributed by atoms with Gasteiger partial charge in [-0.15, -0.1) is 0 Å². The van der Waals surface area contributed by atoms with Crippen LogP contribution in [0.5, 0.6) is 0 Å². The monoisotopic (exact) mass is 373 g/mol. The molecule has 6 heteroatoms. The molecular weight excluding hydrogens is 346 g/mol. The number of hydrogen-bond acceptors (Lipinski definition) is 4. The highest BCUT2D eigenvalue weighted by atomic mass is 32.2. The van der Waals surface area contributed by atoms with E-state index in [1.54, 1.807) is 0 Å². The van der Waals surface area contributed by atoms with Gasteiger partial charge in [-0.3, -0.25) is 4.79 Å². The standard InChI is InChI=1S/C20H27N3O2S/c1-3-22(4-2)19(24)15-26-20-21-13-18(16-9-6-5-7-10-16)23(20)14-17-11-8-12-25-17/h5-7,9-10,13,17H,3-4,8,11-12,14-15H2,1-2H3. The summed E-state index contributed by atoms with van der Waals surface area (Å²) in [6.07, 6.45) is 4.33. The summed E-state index contributed by atoms with van der Waals surface area (Å²) in [5.74, 6) is 0.575. The lowest BCUT2D eigenvalue weighted by molar-refractivity contribution is -0.127. The van der Waals surface area contributed by atoms with Crippen LogP contribution in [0.3, 0.4) is 0 Å². The Morgan fingerprint density at radius 2 is 2.08 bits per heavy atom. The van der Waals surface area contributed by atoms with Crippen LogP contribution in [0.15, 0.2) is 41.7 Å². The van der Waals surface area contributed by atoms with E-state index in [1.165, 1.54) is 11.8 Å². The molecule has 0 spiro atoms. The molecule has 0 radical (unpaired) electrons. The van der Waals surface area contributed by atoms with Crippen LogP contribution in [0, 0.1) is 0 Å². The van der Waals surface area contributed by atoms with Crippen LogP contribution >= 0.6 is 11.8 Å². The molecular formula is C20H27N3O2S. The molecule has 1 amide bonds. The second-order valence-corrected chi connectivity index (χ2v) is 7.33. The molecule has 3 rings (SSSR count). The SMILES string of the molecule is CCN(CC)C(=O)CSc1ncc(-c2ccccc2)n1CC1CCCO1. The van der Waals surface area contributed by atoms with Crippen LogP contribution in [0.1, 0.15) is 26.7 Å². The van der Waals surface area contributed by atoms with Gasteiger partial charge in [0, 0.05) is 19.7 Å². The largest absolute Gasteiger partial charge is 0.376 e. The summed E-state index contributed by atoms with van der Waals surface area (Å²) in [4.78, 5) is 18.8. The molecule has 2 heterocycles. The second kappa shape index (κ2) is 9.24. The minimum Gasteiger partial charge on any atom is -0.376 e. The average Bonchev–Trinajstić information content (AvgIpc) is 3.32. The first-order valence-corrected chi connectivity index (χ1v) is 10.3. The summed E-state index contributed by atoms with van der Waals surface area (Å²) in [6.45, 7) is 7.13. The van der Waals surface area contributed by atoms with E-state index in [9.17, 15) is 4.79 Å². The maximum Gasteiger partial charge on any atom is 0.233 e. The number of benzene rings is 1. The first kappa shape index (κ1) is 19.0. The van der Waals surface area contributed by atoms with Gasteiger partial charge in [-0.1, -0.05) is 42.1 Å². The van der Waals surface area contributed by atoms with Crippen molar-refractivity contribution in [2.45, 2.75) is 44.5 Å². The van der Waals surface area contributed by atoms with Crippen LogP contribution < -0.4 is 0 Å². The zero-order valence-corrected chi connectivity index (χ0v) is 16.4. The maximum absolute atomic E-state index is 12.4. The van der Waals surface area contributed by atoms with Gasteiger partial charge in [0.15, 0.2) is 5.16 Å². The van der Waals surface area contributed by atoms with Gasteiger partial charge in [0.05, 0.1) is 30.3 Å². The molecule has 1 aromatic carbocycles. The van der Waals surface area contributed by atoms with Crippen molar-refractivity contribution in [2.24, 2.45) is 0 Å². The van der Waals surface area contributed by atoms with Gasteiger partial charge >= 0.3 is 0 Å².